The van der Waals surface area contributed by atoms with Gasteiger partial charge in [-0.1, -0.05) is 25.3 Å². The van der Waals surface area contributed by atoms with E-state index in [9.17, 15) is 4.79 Å². The van der Waals surface area contributed by atoms with Crippen LogP contribution < -0.4 is 4.74 Å². The van der Waals surface area contributed by atoms with Crippen molar-refractivity contribution in [3.05, 3.63) is 29.8 Å². The third-order valence-electron chi connectivity index (χ3n) is 4.05. The molecule has 1 fully saturated rings. The van der Waals surface area contributed by atoms with Crippen molar-refractivity contribution < 1.29 is 14.3 Å². The Bertz CT molecular complexity index is 453. The van der Waals surface area contributed by atoms with Crippen LogP contribution in [0.3, 0.4) is 0 Å². The summed E-state index contributed by atoms with van der Waals surface area (Å²) in [5.74, 6) is 1.24. The minimum Gasteiger partial charge on any atom is -0.493 e. The molecular weight excluding hydrogens is 272 g/mol. The highest BCUT2D eigenvalue weighted by molar-refractivity contribution is 7.80. The summed E-state index contributed by atoms with van der Waals surface area (Å²) in [4.78, 5) is 11.5. The van der Waals surface area contributed by atoms with Crippen LogP contribution >= 0.6 is 12.6 Å². The Balaban J connectivity index is 2.01. The Kier molecular flexibility index (Phi) is 5.35. The zero-order valence-electron chi connectivity index (χ0n) is 11.9. The van der Waals surface area contributed by atoms with Gasteiger partial charge in [0.1, 0.15) is 5.75 Å². The van der Waals surface area contributed by atoms with E-state index in [4.69, 9.17) is 9.47 Å². The topological polar surface area (TPSA) is 35.5 Å². The monoisotopic (exact) mass is 294 g/mol. The van der Waals surface area contributed by atoms with Gasteiger partial charge in [0.25, 0.3) is 0 Å². The summed E-state index contributed by atoms with van der Waals surface area (Å²) >= 11 is 4.51. The Morgan fingerprint density at radius 1 is 1.30 bits per heavy atom. The summed E-state index contributed by atoms with van der Waals surface area (Å²) in [6.07, 6.45) is 6.17. The van der Waals surface area contributed by atoms with Crippen molar-refractivity contribution in [2.24, 2.45) is 5.41 Å². The maximum atomic E-state index is 11.5. The molecule has 20 heavy (non-hydrogen) atoms. The molecule has 1 saturated carbocycles. The SMILES string of the molecule is COC(=O)c1cccc(OCC2(CS)CCCCC2)c1. The molecule has 2 rings (SSSR count). The van der Waals surface area contributed by atoms with Gasteiger partial charge in [-0.3, -0.25) is 0 Å². The summed E-state index contributed by atoms with van der Waals surface area (Å²) in [5.41, 5.74) is 0.705. The molecule has 0 N–H and O–H groups in total. The van der Waals surface area contributed by atoms with E-state index in [1.54, 1.807) is 12.1 Å². The van der Waals surface area contributed by atoms with Gasteiger partial charge in [-0.25, -0.2) is 4.79 Å². The molecule has 0 bridgehead atoms. The summed E-state index contributed by atoms with van der Waals surface area (Å²) < 4.78 is 10.6. The van der Waals surface area contributed by atoms with Gasteiger partial charge in [0, 0.05) is 5.41 Å². The highest BCUT2D eigenvalue weighted by atomic mass is 32.1. The van der Waals surface area contributed by atoms with Gasteiger partial charge in [-0.15, -0.1) is 0 Å². The molecule has 110 valence electrons. The highest BCUT2D eigenvalue weighted by Crippen LogP contribution is 2.37. The molecule has 0 unspecified atom stereocenters. The van der Waals surface area contributed by atoms with E-state index < -0.39 is 0 Å². The fourth-order valence-corrected chi connectivity index (χ4v) is 3.12. The maximum absolute atomic E-state index is 11.5. The average Bonchev–Trinajstić information content (AvgIpc) is 2.53. The van der Waals surface area contributed by atoms with Crippen molar-refractivity contribution in [1.82, 2.24) is 0 Å². The minimum atomic E-state index is -0.336. The fourth-order valence-electron chi connectivity index (χ4n) is 2.72. The third-order valence-corrected chi connectivity index (χ3v) is 4.72. The lowest BCUT2D eigenvalue weighted by atomic mass is 9.76. The second-order valence-corrected chi connectivity index (χ2v) is 5.84. The number of benzene rings is 1. The first-order valence-electron chi connectivity index (χ1n) is 7.11. The van der Waals surface area contributed by atoms with Crippen LogP contribution in [0.25, 0.3) is 0 Å². The Morgan fingerprint density at radius 2 is 2.05 bits per heavy atom. The summed E-state index contributed by atoms with van der Waals surface area (Å²) in [7, 11) is 1.38. The van der Waals surface area contributed by atoms with Crippen LogP contribution in [0.1, 0.15) is 42.5 Å². The molecule has 1 aromatic carbocycles. The summed E-state index contributed by atoms with van der Waals surface area (Å²) in [6.45, 7) is 0.668. The molecule has 0 spiro atoms. The van der Waals surface area contributed by atoms with E-state index in [-0.39, 0.29) is 11.4 Å². The predicted molar refractivity (Wildman–Crippen MR) is 82.6 cm³/mol. The van der Waals surface area contributed by atoms with Crippen LogP contribution in [0.5, 0.6) is 5.75 Å². The van der Waals surface area contributed by atoms with Crippen molar-refractivity contribution in [3.63, 3.8) is 0 Å². The van der Waals surface area contributed by atoms with E-state index in [0.717, 1.165) is 11.5 Å². The van der Waals surface area contributed by atoms with Crippen LogP contribution in [0, 0.1) is 5.41 Å². The summed E-state index contributed by atoms with van der Waals surface area (Å²) in [6, 6.07) is 7.16. The third kappa shape index (κ3) is 3.69. The van der Waals surface area contributed by atoms with Crippen LogP contribution in [0.4, 0.5) is 0 Å². The van der Waals surface area contributed by atoms with Gasteiger partial charge in [0.15, 0.2) is 0 Å². The number of esters is 1. The van der Waals surface area contributed by atoms with E-state index in [0.29, 0.717) is 12.2 Å². The lowest BCUT2D eigenvalue weighted by Gasteiger charge is -2.35. The number of carbonyl (C=O) groups excluding carboxylic acids is 1. The van der Waals surface area contributed by atoms with E-state index in [1.165, 1.54) is 39.2 Å². The number of hydrogen-bond donors (Lipinski definition) is 1. The molecule has 1 aliphatic rings. The summed E-state index contributed by atoms with van der Waals surface area (Å²) in [5, 5.41) is 0. The van der Waals surface area contributed by atoms with Crippen LogP contribution in [-0.2, 0) is 4.74 Å². The van der Waals surface area contributed by atoms with Gasteiger partial charge in [-0.05, 0) is 36.8 Å². The molecule has 3 nitrogen and oxygen atoms in total. The van der Waals surface area contributed by atoms with Crippen molar-refractivity contribution in [2.75, 3.05) is 19.5 Å². The molecular formula is C16H22O3S. The fraction of sp³-hybridized carbons (Fsp3) is 0.562. The molecule has 1 aliphatic carbocycles. The molecule has 0 atom stereocenters. The molecule has 0 aromatic heterocycles. The molecule has 0 saturated heterocycles. The normalized spacial score (nSPS) is 17.5. The van der Waals surface area contributed by atoms with Crippen LogP contribution in [0.2, 0.25) is 0 Å². The number of carbonyl (C=O) groups is 1. The van der Waals surface area contributed by atoms with E-state index in [1.807, 2.05) is 12.1 Å². The number of methoxy groups -OCH3 is 1. The van der Waals surface area contributed by atoms with E-state index in [2.05, 4.69) is 12.6 Å². The Hall–Kier alpha value is -1.16. The first kappa shape index (κ1) is 15.2. The van der Waals surface area contributed by atoms with Crippen molar-refractivity contribution in [2.45, 2.75) is 32.1 Å². The second kappa shape index (κ2) is 7.02. The van der Waals surface area contributed by atoms with E-state index >= 15 is 0 Å². The molecule has 0 amide bonds. The van der Waals surface area contributed by atoms with Crippen LogP contribution in [0.15, 0.2) is 24.3 Å². The Labute approximate surface area is 126 Å². The zero-order valence-corrected chi connectivity index (χ0v) is 12.8. The van der Waals surface area contributed by atoms with Gasteiger partial charge in [0.05, 0.1) is 19.3 Å². The van der Waals surface area contributed by atoms with Crippen molar-refractivity contribution in [3.8, 4) is 5.75 Å². The standard InChI is InChI=1S/C16H22O3S/c1-18-15(17)13-6-5-7-14(10-13)19-11-16(12-20)8-3-2-4-9-16/h5-7,10,20H,2-4,8-9,11-12H2,1H3. The number of hydrogen-bond acceptors (Lipinski definition) is 4. The molecule has 0 aliphatic heterocycles. The number of rotatable bonds is 5. The average molecular weight is 294 g/mol. The molecule has 4 heteroatoms. The molecule has 1 aromatic rings. The van der Waals surface area contributed by atoms with Crippen LogP contribution in [-0.4, -0.2) is 25.4 Å². The second-order valence-electron chi connectivity index (χ2n) is 5.53. The predicted octanol–water partition coefficient (Wildman–Crippen LogP) is 3.73. The molecule has 0 heterocycles. The van der Waals surface area contributed by atoms with Gasteiger partial charge >= 0.3 is 5.97 Å². The van der Waals surface area contributed by atoms with Gasteiger partial charge in [-0.2, -0.15) is 12.6 Å². The van der Waals surface area contributed by atoms with Gasteiger partial charge in [0.2, 0.25) is 0 Å². The first-order chi connectivity index (χ1) is 9.69. The zero-order chi connectivity index (χ0) is 14.4. The smallest absolute Gasteiger partial charge is 0.337 e. The Morgan fingerprint density at radius 3 is 2.70 bits per heavy atom. The first-order valence-corrected chi connectivity index (χ1v) is 7.74. The minimum absolute atomic E-state index is 0.183. The highest BCUT2D eigenvalue weighted by Gasteiger charge is 2.31. The van der Waals surface area contributed by atoms with Gasteiger partial charge < -0.3 is 9.47 Å². The lowest BCUT2D eigenvalue weighted by molar-refractivity contribution is 0.0599. The van der Waals surface area contributed by atoms with Crippen molar-refractivity contribution >= 4 is 18.6 Å². The largest absolute Gasteiger partial charge is 0.493 e. The molecule has 0 radical (unpaired) electrons. The number of ether oxygens (including phenoxy) is 2. The maximum Gasteiger partial charge on any atom is 0.337 e. The van der Waals surface area contributed by atoms with Crippen molar-refractivity contribution in [1.29, 1.82) is 0 Å². The quantitative estimate of drug-likeness (QED) is 0.664. The number of thiol groups is 1. The lowest BCUT2D eigenvalue weighted by Crippen LogP contribution is -2.33.